The van der Waals surface area contributed by atoms with Crippen molar-refractivity contribution in [2.24, 2.45) is 0 Å². The highest BCUT2D eigenvalue weighted by molar-refractivity contribution is 7.89. The lowest BCUT2D eigenvalue weighted by atomic mass is 10.1. The maximum atomic E-state index is 12.0. The van der Waals surface area contributed by atoms with Crippen LogP contribution in [0.25, 0.3) is 0 Å². The number of carbonyl (C=O) groups is 1. The molecule has 0 heterocycles. The van der Waals surface area contributed by atoms with Crippen molar-refractivity contribution in [3.63, 3.8) is 0 Å². The van der Waals surface area contributed by atoms with Crippen LogP contribution in [0.2, 0.25) is 0 Å². The quantitative estimate of drug-likeness (QED) is 0.887. The summed E-state index contributed by atoms with van der Waals surface area (Å²) >= 11 is 0. The maximum Gasteiger partial charge on any atom is 0.241 e. The van der Waals surface area contributed by atoms with E-state index in [0.717, 1.165) is 11.1 Å². The number of nitrogens with one attached hydrogen (secondary N) is 2. The molecule has 0 aliphatic rings. The molecule has 0 atom stereocenters. The van der Waals surface area contributed by atoms with Crippen LogP contribution >= 0.6 is 0 Å². The van der Waals surface area contributed by atoms with Gasteiger partial charge in [0, 0.05) is 5.69 Å². The molecule has 22 heavy (non-hydrogen) atoms. The lowest BCUT2D eigenvalue weighted by Crippen LogP contribution is -2.33. The first-order valence-electron chi connectivity index (χ1n) is 6.81. The molecule has 116 valence electrons. The van der Waals surface area contributed by atoms with Crippen molar-refractivity contribution in [1.29, 1.82) is 0 Å². The average Bonchev–Trinajstić information content (AvgIpc) is 2.51. The van der Waals surface area contributed by atoms with Crippen molar-refractivity contribution in [1.82, 2.24) is 4.72 Å². The monoisotopic (exact) mass is 318 g/mol. The molecule has 0 unspecified atom stereocenters. The largest absolute Gasteiger partial charge is 0.325 e. The molecule has 0 fully saturated rings. The van der Waals surface area contributed by atoms with Crippen LogP contribution in [0.5, 0.6) is 0 Å². The molecule has 2 rings (SSSR count). The first-order valence-corrected chi connectivity index (χ1v) is 8.29. The van der Waals surface area contributed by atoms with Gasteiger partial charge in [0.05, 0.1) is 11.4 Å². The second-order valence-electron chi connectivity index (χ2n) is 4.93. The van der Waals surface area contributed by atoms with Crippen LogP contribution in [0.15, 0.2) is 53.4 Å². The van der Waals surface area contributed by atoms with Gasteiger partial charge in [-0.25, -0.2) is 13.1 Å². The van der Waals surface area contributed by atoms with E-state index in [1.54, 1.807) is 24.3 Å². The second kappa shape index (κ2) is 6.72. The van der Waals surface area contributed by atoms with Crippen LogP contribution in [0.4, 0.5) is 5.69 Å². The third-order valence-corrected chi connectivity index (χ3v) is 4.77. The van der Waals surface area contributed by atoms with E-state index < -0.39 is 15.9 Å². The number of rotatable bonds is 5. The number of sulfonamides is 1. The summed E-state index contributed by atoms with van der Waals surface area (Å²) in [6, 6.07) is 13.5. The van der Waals surface area contributed by atoms with Gasteiger partial charge in [0.25, 0.3) is 0 Å². The number of carbonyl (C=O) groups excluding carboxylic acids is 1. The Balaban J connectivity index is 2.00. The Labute approximate surface area is 130 Å². The zero-order valence-corrected chi connectivity index (χ0v) is 13.3. The molecule has 0 radical (unpaired) electrons. The molecule has 0 bridgehead atoms. The third kappa shape index (κ3) is 3.93. The summed E-state index contributed by atoms with van der Waals surface area (Å²) < 4.78 is 26.3. The molecule has 1 amide bonds. The Hall–Kier alpha value is -2.18. The summed E-state index contributed by atoms with van der Waals surface area (Å²) in [6.45, 7) is 3.53. The van der Waals surface area contributed by atoms with E-state index in [0.29, 0.717) is 5.69 Å². The number of anilines is 1. The average molecular weight is 318 g/mol. The van der Waals surface area contributed by atoms with Gasteiger partial charge in [-0.2, -0.15) is 0 Å². The number of hydrogen-bond donors (Lipinski definition) is 2. The summed E-state index contributed by atoms with van der Waals surface area (Å²) in [5, 5.41) is 2.71. The summed E-state index contributed by atoms with van der Waals surface area (Å²) in [4.78, 5) is 12.0. The minimum absolute atomic E-state index is 0.134. The Morgan fingerprint density at radius 1 is 1.00 bits per heavy atom. The van der Waals surface area contributed by atoms with Crippen molar-refractivity contribution in [3.8, 4) is 0 Å². The highest BCUT2D eigenvalue weighted by atomic mass is 32.2. The standard InChI is InChI=1S/C16H18N2O3S/c1-12-7-6-10-15(13(12)2)18-16(19)11-17-22(20,21)14-8-4-3-5-9-14/h3-10,17H,11H2,1-2H3,(H,18,19). The molecule has 0 aliphatic carbocycles. The predicted molar refractivity (Wildman–Crippen MR) is 86.2 cm³/mol. The van der Waals surface area contributed by atoms with E-state index in [2.05, 4.69) is 10.0 Å². The molecule has 2 aromatic carbocycles. The summed E-state index contributed by atoms with van der Waals surface area (Å²) in [5.74, 6) is -0.409. The molecule has 2 N–H and O–H groups in total. The van der Waals surface area contributed by atoms with Gasteiger partial charge in [0.2, 0.25) is 15.9 Å². The van der Waals surface area contributed by atoms with Gasteiger partial charge in [-0.15, -0.1) is 0 Å². The molecule has 0 aliphatic heterocycles. The molecule has 5 nitrogen and oxygen atoms in total. The second-order valence-corrected chi connectivity index (χ2v) is 6.70. The Morgan fingerprint density at radius 3 is 2.36 bits per heavy atom. The lowest BCUT2D eigenvalue weighted by molar-refractivity contribution is -0.115. The van der Waals surface area contributed by atoms with Gasteiger partial charge in [0.15, 0.2) is 0 Å². The molecule has 0 saturated heterocycles. The molecule has 0 saturated carbocycles. The van der Waals surface area contributed by atoms with Gasteiger partial charge in [0.1, 0.15) is 0 Å². The van der Waals surface area contributed by atoms with Gasteiger partial charge in [-0.1, -0.05) is 30.3 Å². The summed E-state index contributed by atoms with van der Waals surface area (Å²) in [7, 11) is -3.68. The third-order valence-electron chi connectivity index (χ3n) is 3.35. The predicted octanol–water partition coefficient (Wildman–Crippen LogP) is 2.22. The zero-order valence-electron chi connectivity index (χ0n) is 12.5. The normalized spacial score (nSPS) is 11.2. The topological polar surface area (TPSA) is 75.3 Å². The smallest absolute Gasteiger partial charge is 0.241 e. The number of aryl methyl sites for hydroxylation is 1. The van der Waals surface area contributed by atoms with Gasteiger partial charge in [-0.3, -0.25) is 4.79 Å². The highest BCUT2D eigenvalue weighted by Crippen LogP contribution is 2.17. The van der Waals surface area contributed by atoms with Crippen molar-refractivity contribution < 1.29 is 13.2 Å². The van der Waals surface area contributed by atoms with E-state index in [1.807, 2.05) is 26.0 Å². The van der Waals surface area contributed by atoms with Gasteiger partial charge >= 0.3 is 0 Å². The van der Waals surface area contributed by atoms with Crippen molar-refractivity contribution >= 4 is 21.6 Å². The zero-order chi connectivity index (χ0) is 16.2. The van der Waals surface area contributed by atoms with E-state index in [4.69, 9.17) is 0 Å². The van der Waals surface area contributed by atoms with Crippen molar-refractivity contribution in [2.75, 3.05) is 11.9 Å². The van der Waals surface area contributed by atoms with E-state index in [-0.39, 0.29) is 11.4 Å². The first-order chi connectivity index (χ1) is 10.4. The minimum atomic E-state index is -3.68. The van der Waals surface area contributed by atoms with Crippen LogP contribution in [-0.2, 0) is 14.8 Å². The molecule has 0 aromatic heterocycles. The Bertz CT molecular complexity index is 771. The first kappa shape index (κ1) is 16.2. The molecular formula is C16H18N2O3S. The lowest BCUT2D eigenvalue weighted by Gasteiger charge is -2.11. The maximum absolute atomic E-state index is 12.0. The van der Waals surface area contributed by atoms with Crippen LogP contribution in [0.3, 0.4) is 0 Å². The fourth-order valence-electron chi connectivity index (χ4n) is 1.92. The van der Waals surface area contributed by atoms with Crippen LogP contribution < -0.4 is 10.0 Å². The number of benzene rings is 2. The van der Waals surface area contributed by atoms with Crippen LogP contribution in [-0.4, -0.2) is 20.9 Å². The fourth-order valence-corrected chi connectivity index (χ4v) is 2.93. The number of hydrogen-bond acceptors (Lipinski definition) is 3. The number of amides is 1. The van der Waals surface area contributed by atoms with E-state index in [1.165, 1.54) is 12.1 Å². The Morgan fingerprint density at radius 2 is 1.68 bits per heavy atom. The summed E-state index contributed by atoms with van der Waals surface area (Å²) in [5.41, 5.74) is 2.70. The summed E-state index contributed by atoms with van der Waals surface area (Å²) in [6.07, 6.45) is 0. The van der Waals surface area contributed by atoms with Gasteiger partial charge in [-0.05, 0) is 43.2 Å². The fraction of sp³-hybridized carbons (Fsp3) is 0.188. The van der Waals surface area contributed by atoms with Crippen LogP contribution in [0.1, 0.15) is 11.1 Å². The SMILES string of the molecule is Cc1cccc(NC(=O)CNS(=O)(=O)c2ccccc2)c1C. The molecule has 6 heteroatoms. The minimum Gasteiger partial charge on any atom is -0.325 e. The van der Waals surface area contributed by atoms with E-state index >= 15 is 0 Å². The van der Waals surface area contributed by atoms with Crippen molar-refractivity contribution in [3.05, 3.63) is 59.7 Å². The van der Waals surface area contributed by atoms with Crippen LogP contribution in [0, 0.1) is 13.8 Å². The van der Waals surface area contributed by atoms with Gasteiger partial charge < -0.3 is 5.32 Å². The van der Waals surface area contributed by atoms with Crippen molar-refractivity contribution in [2.45, 2.75) is 18.7 Å². The Kier molecular flexibility index (Phi) is 4.95. The molecule has 2 aromatic rings. The molecular weight excluding hydrogens is 300 g/mol. The molecule has 0 spiro atoms. The highest BCUT2D eigenvalue weighted by Gasteiger charge is 2.15. The van der Waals surface area contributed by atoms with E-state index in [9.17, 15) is 13.2 Å².